The highest BCUT2D eigenvalue weighted by molar-refractivity contribution is 5.87. The molecule has 6 nitrogen and oxygen atoms in total. The molecule has 1 atom stereocenters. The quantitative estimate of drug-likeness (QED) is 0.933. The van der Waals surface area contributed by atoms with Crippen LogP contribution in [0, 0.1) is 11.3 Å². The van der Waals surface area contributed by atoms with E-state index in [0.29, 0.717) is 19.5 Å². The zero-order valence-corrected chi connectivity index (χ0v) is 13.7. The molecule has 1 saturated heterocycles. The second kappa shape index (κ2) is 5.33. The van der Waals surface area contributed by atoms with Crippen molar-refractivity contribution in [2.45, 2.75) is 25.7 Å². The summed E-state index contributed by atoms with van der Waals surface area (Å²) in [5.41, 5.74) is 1.80. The second-order valence-corrected chi connectivity index (χ2v) is 7.10. The van der Waals surface area contributed by atoms with E-state index in [1.807, 2.05) is 40.9 Å². The zero-order valence-electron chi connectivity index (χ0n) is 13.7. The lowest BCUT2D eigenvalue weighted by Gasteiger charge is -2.32. The Labute approximate surface area is 140 Å². The lowest BCUT2D eigenvalue weighted by molar-refractivity contribution is -0.139. The molecule has 1 amide bonds. The monoisotopic (exact) mass is 327 g/mol. The van der Waals surface area contributed by atoms with E-state index >= 15 is 0 Å². The van der Waals surface area contributed by atoms with Crippen LogP contribution in [0.3, 0.4) is 0 Å². The van der Waals surface area contributed by atoms with E-state index in [1.165, 1.54) is 0 Å². The van der Waals surface area contributed by atoms with Crippen LogP contribution in [0.15, 0.2) is 24.3 Å². The van der Waals surface area contributed by atoms with Crippen molar-refractivity contribution in [3.8, 4) is 0 Å². The number of aromatic nitrogens is 2. The number of carbonyl (C=O) groups excluding carboxylic acids is 1. The predicted octanol–water partition coefficient (Wildman–Crippen LogP) is 1.83. The number of carboxylic acids is 1. The lowest BCUT2D eigenvalue weighted by Crippen LogP contribution is -2.40. The molecule has 24 heavy (non-hydrogen) atoms. The Hall–Kier alpha value is -2.37. The Morgan fingerprint density at radius 1 is 1.29 bits per heavy atom. The topological polar surface area (TPSA) is 75.4 Å². The maximum atomic E-state index is 12.6. The summed E-state index contributed by atoms with van der Waals surface area (Å²) in [5, 5.41) is 14.7. The van der Waals surface area contributed by atoms with E-state index in [0.717, 1.165) is 35.9 Å². The van der Waals surface area contributed by atoms with Gasteiger partial charge in [0.2, 0.25) is 5.91 Å². The van der Waals surface area contributed by atoms with Crippen LogP contribution < -0.4 is 0 Å². The van der Waals surface area contributed by atoms with Gasteiger partial charge in [0, 0.05) is 25.5 Å². The van der Waals surface area contributed by atoms with Crippen LogP contribution in [0.25, 0.3) is 10.9 Å². The van der Waals surface area contributed by atoms with E-state index in [4.69, 9.17) is 5.11 Å². The summed E-state index contributed by atoms with van der Waals surface area (Å²) in [6.07, 6.45) is 2.68. The van der Waals surface area contributed by atoms with Crippen LogP contribution in [-0.2, 0) is 23.1 Å². The molecule has 2 aromatic rings. The van der Waals surface area contributed by atoms with Crippen LogP contribution in [0.1, 0.15) is 25.0 Å². The molecule has 1 saturated carbocycles. The number of likely N-dealkylation sites (tertiary alicyclic amines) is 1. The molecule has 126 valence electrons. The first-order chi connectivity index (χ1) is 11.5. The number of fused-ring (bicyclic) bond motifs is 1. The van der Waals surface area contributed by atoms with Crippen molar-refractivity contribution in [2.75, 3.05) is 13.1 Å². The van der Waals surface area contributed by atoms with E-state index in [-0.39, 0.29) is 17.2 Å². The standard InChI is InChI=1S/C18H21N3O3/c1-20-15-5-3-2-4-12(15)14(19-20)10-16(22)21-8-6-18(7-9-21)11-13(18)17(23)24/h2-5,13H,6-11H2,1H3,(H,23,24). The Bertz CT molecular complexity index is 818. The minimum Gasteiger partial charge on any atom is -0.481 e. The summed E-state index contributed by atoms with van der Waals surface area (Å²) in [5.74, 6) is -0.801. The summed E-state index contributed by atoms with van der Waals surface area (Å²) >= 11 is 0. The number of para-hydroxylation sites is 1. The largest absolute Gasteiger partial charge is 0.481 e. The normalized spacial score (nSPS) is 22.0. The Balaban J connectivity index is 1.43. The number of carboxylic acid groups (broad SMARTS) is 1. The molecule has 1 aliphatic carbocycles. The van der Waals surface area contributed by atoms with E-state index in [9.17, 15) is 9.59 Å². The summed E-state index contributed by atoms with van der Waals surface area (Å²) in [7, 11) is 1.89. The van der Waals surface area contributed by atoms with Crippen molar-refractivity contribution in [3.63, 3.8) is 0 Å². The maximum absolute atomic E-state index is 12.6. The van der Waals surface area contributed by atoms with Crippen molar-refractivity contribution >= 4 is 22.8 Å². The van der Waals surface area contributed by atoms with Crippen molar-refractivity contribution in [2.24, 2.45) is 18.4 Å². The highest BCUT2D eigenvalue weighted by Gasteiger charge is 2.59. The van der Waals surface area contributed by atoms with Crippen LogP contribution in [0.5, 0.6) is 0 Å². The molecule has 2 fully saturated rings. The third-order valence-electron chi connectivity index (χ3n) is 5.75. The lowest BCUT2D eigenvalue weighted by atomic mass is 9.90. The average molecular weight is 327 g/mol. The molecule has 1 aromatic heterocycles. The van der Waals surface area contributed by atoms with Gasteiger partial charge in [-0.25, -0.2) is 0 Å². The van der Waals surface area contributed by atoms with Crippen LogP contribution in [-0.4, -0.2) is 44.8 Å². The minimum atomic E-state index is -0.685. The molecule has 0 radical (unpaired) electrons. The number of hydrogen-bond acceptors (Lipinski definition) is 3. The minimum absolute atomic E-state index is 0.0414. The molecule has 1 aliphatic heterocycles. The third-order valence-corrected chi connectivity index (χ3v) is 5.75. The molecule has 4 rings (SSSR count). The van der Waals surface area contributed by atoms with E-state index in [2.05, 4.69) is 5.10 Å². The van der Waals surface area contributed by atoms with Gasteiger partial charge in [-0.15, -0.1) is 0 Å². The van der Waals surface area contributed by atoms with Gasteiger partial charge < -0.3 is 10.0 Å². The van der Waals surface area contributed by atoms with Crippen molar-refractivity contribution < 1.29 is 14.7 Å². The maximum Gasteiger partial charge on any atom is 0.307 e. The number of benzene rings is 1. The van der Waals surface area contributed by atoms with Crippen LogP contribution in [0.4, 0.5) is 0 Å². The van der Waals surface area contributed by atoms with Gasteiger partial charge in [-0.3, -0.25) is 14.3 Å². The third kappa shape index (κ3) is 2.37. The first-order valence-electron chi connectivity index (χ1n) is 8.41. The first kappa shape index (κ1) is 15.2. The first-order valence-corrected chi connectivity index (χ1v) is 8.41. The van der Waals surface area contributed by atoms with E-state index in [1.54, 1.807) is 0 Å². The number of aryl methyl sites for hydroxylation is 1. The van der Waals surface area contributed by atoms with Gasteiger partial charge in [-0.05, 0) is 30.7 Å². The molecule has 1 unspecified atom stereocenters. The van der Waals surface area contributed by atoms with Crippen molar-refractivity contribution in [1.29, 1.82) is 0 Å². The number of hydrogen-bond donors (Lipinski definition) is 1. The number of piperidine rings is 1. The fourth-order valence-electron chi connectivity index (χ4n) is 4.13. The number of aliphatic carboxylic acids is 1. The number of nitrogens with zero attached hydrogens (tertiary/aromatic N) is 3. The fraction of sp³-hybridized carbons (Fsp3) is 0.500. The summed E-state index contributed by atoms with van der Waals surface area (Å²) in [4.78, 5) is 25.6. The number of rotatable bonds is 3. The molecule has 0 bridgehead atoms. The smallest absolute Gasteiger partial charge is 0.307 e. The number of carbonyl (C=O) groups is 2. The van der Waals surface area contributed by atoms with Gasteiger partial charge in [0.1, 0.15) is 0 Å². The van der Waals surface area contributed by atoms with Gasteiger partial charge in [0.05, 0.1) is 23.5 Å². The highest BCUT2D eigenvalue weighted by Crippen LogP contribution is 2.59. The van der Waals surface area contributed by atoms with Gasteiger partial charge in [0.15, 0.2) is 0 Å². The zero-order chi connectivity index (χ0) is 16.9. The second-order valence-electron chi connectivity index (χ2n) is 7.10. The number of amides is 1. The Morgan fingerprint density at radius 3 is 2.67 bits per heavy atom. The molecular weight excluding hydrogens is 306 g/mol. The molecular formula is C18H21N3O3. The summed E-state index contributed by atoms with van der Waals surface area (Å²) < 4.78 is 1.81. The highest BCUT2D eigenvalue weighted by atomic mass is 16.4. The molecule has 6 heteroatoms. The predicted molar refractivity (Wildman–Crippen MR) is 88.4 cm³/mol. The average Bonchev–Trinajstić information content (AvgIpc) is 3.19. The van der Waals surface area contributed by atoms with Crippen LogP contribution in [0.2, 0.25) is 0 Å². The van der Waals surface area contributed by atoms with Crippen molar-refractivity contribution in [1.82, 2.24) is 14.7 Å². The van der Waals surface area contributed by atoms with Gasteiger partial charge in [-0.1, -0.05) is 18.2 Å². The summed E-state index contributed by atoms with van der Waals surface area (Å²) in [6, 6.07) is 7.92. The Morgan fingerprint density at radius 2 is 2.00 bits per heavy atom. The summed E-state index contributed by atoms with van der Waals surface area (Å²) in [6.45, 7) is 1.32. The van der Waals surface area contributed by atoms with E-state index < -0.39 is 5.97 Å². The van der Waals surface area contributed by atoms with Crippen molar-refractivity contribution in [3.05, 3.63) is 30.0 Å². The van der Waals surface area contributed by atoms with Gasteiger partial charge in [-0.2, -0.15) is 5.10 Å². The fourth-order valence-corrected chi connectivity index (χ4v) is 4.13. The van der Waals surface area contributed by atoms with Crippen LogP contribution >= 0.6 is 0 Å². The molecule has 1 aromatic carbocycles. The molecule has 2 heterocycles. The van der Waals surface area contributed by atoms with Gasteiger partial charge in [0.25, 0.3) is 0 Å². The van der Waals surface area contributed by atoms with Gasteiger partial charge >= 0.3 is 5.97 Å². The SMILES string of the molecule is Cn1nc(CC(=O)N2CCC3(CC2)CC3C(=O)O)c2ccccc21. The Kier molecular flexibility index (Phi) is 3.37. The molecule has 1 spiro atoms. The molecule has 2 aliphatic rings. The molecule has 1 N–H and O–H groups in total.